The second-order valence-electron chi connectivity index (χ2n) is 4.29. The number of rotatable bonds is 1. The highest BCUT2D eigenvalue weighted by atomic mass is 32.2. The fourth-order valence-corrected chi connectivity index (χ4v) is 2.57. The van der Waals surface area contributed by atoms with Crippen molar-refractivity contribution in [2.75, 3.05) is 0 Å². The summed E-state index contributed by atoms with van der Waals surface area (Å²) in [6.45, 7) is 1.92. The molecule has 96 valence electrons. The van der Waals surface area contributed by atoms with Gasteiger partial charge >= 0.3 is 10.1 Å². The van der Waals surface area contributed by atoms with Crippen LogP contribution in [-0.2, 0) is 10.1 Å². The largest absolute Gasteiger partial charge is 0.312 e. The summed E-state index contributed by atoms with van der Waals surface area (Å²) in [4.78, 5) is 8.27. The molecule has 19 heavy (non-hydrogen) atoms. The van der Waals surface area contributed by atoms with Gasteiger partial charge in [-0.3, -0.25) is 9.54 Å². The smallest absolute Gasteiger partial charge is 0.281 e. The van der Waals surface area contributed by atoms with Gasteiger partial charge in [0.1, 0.15) is 0 Å². The molecule has 0 fully saturated rings. The highest BCUT2D eigenvalue weighted by Crippen LogP contribution is 2.26. The Morgan fingerprint density at radius 2 is 1.95 bits per heavy atom. The van der Waals surface area contributed by atoms with Crippen LogP contribution in [-0.4, -0.2) is 22.9 Å². The summed E-state index contributed by atoms with van der Waals surface area (Å²) < 4.78 is 31.4. The molecule has 0 saturated carbocycles. The number of aromatic nitrogens is 2. The maximum absolute atomic E-state index is 11.2. The van der Waals surface area contributed by atoms with E-state index in [0.717, 1.165) is 16.3 Å². The predicted octanol–water partition coefficient (Wildman–Crippen LogP) is 2.34. The minimum atomic E-state index is -4.31. The van der Waals surface area contributed by atoms with Crippen LogP contribution in [0.25, 0.3) is 21.8 Å². The van der Waals surface area contributed by atoms with Crippen molar-refractivity contribution in [2.45, 2.75) is 11.9 Å². The molecule has 0 aliphatic rings. The van der Waals surface area contributed by atoms with E-state index in [0.29, 0.717) is 11.0 Å². The fraction of sp³-hybridized carbons (Fsp3) is 0.0769. The molecule has 0 spiro atoms. The van der Waals surface area contributed by atoms with Crippen LogP contribution in [0.5, 0.6) is 0 Å². The van der Waals surface area contributed by atoms with Gasteiger partial charge in [-0.25, -0.2) is 4.98 Å². The molecular formula is C13H10N2O3S. The summed E-state index contributed by atoms with van der Waals surface area (Å²) in [5.74, 6) is 0. The zero-order chi connectivity index (χ0) is 13.6. The quantitative estimate of drug-likeness (QED) is 0.544. The first kappa shape index (κ1) is 12.0. The van der Waals surface area contributed by atoms with Crippen LogP contribution in [0, 0.1) is 6.92 Å². The second kappa shape index (κ2) is 3.97. The number of nitrogens with zero attached hydrogens (tertiary/aromatic N) is 2. The van der Waals surface area contributed by atoms with Crippen molar-refractivity contribution in [3.63, 3.8) is 0 Å². The average molecular weight is 274 g/mol. The lowest BCUT2D eigenvalue weighted by atomic mass is 10.1. The van der Waals surface area contributed by atoms with Gasteiger partial charge in [0.25, 0.3) is 0 Å². The standard InChI is InChI=1S/C13H10N2O3S/c1-8-7-9-3-2-6-14-12(9)13-10(8)4-5-11(15-13)19(16,17)18/h2-7H,1H3,(H,16,17,18). The minimum Gasteiger partial charge on any atom is -0.281 e. The van der Waals surface area contributed by atoms with Crippen molar-refractivity contribution in [3.05, 3.63) is 42.1 Å². The molecule has 0 bridgehead atoms. The van der Waals surface area contributed by atoms with Crippen molar-refractivity contribution in [1.82, 2.24) is 9.97 Å². The normalized spacial score (nSPS) is 12.1. The monoisotopic (exact) mass is 274 g/mol. The average Bonchev–Trinajstić information content (AvgIpc) is 2.37. The van der Waals surface area contributed by atoms with E-state index in [1.54, 1.807) is 18.3 Å². The van der Waals surface area contributed by atoms with Gasteiger partial charge in [0.15, 0.2) is 5.03 Å². The van der Waals surface area contributed by atoms with E-state index in [9.17, 15) is 8.42 Å². The predicted molar refractivity (Wildman–Crippen MR) is 71.6 cm³/mol. The van der Waals surface area contributed by atoms with Gasteiger partial charge in [-0.05, 0) is 36.8 Å². The zero-order valence-electron chi connectivity index (χ0n) is 10.0. The summed E-state index contributed by atoms with van der Waals surface area (Å²) >= 11 is 0. The van der Waals surface area contributed by atoms with Gasteiger partial charge in [0.05, 0.1) is 11.0 Å². The van der Waals surface area contributed by atoms with Crippen molar-refractivity contribution in [3.8, 4) is 0 Å². The van der Waals surface area contributed by atoms with Crippen LogP contribution >= 0.6 is 0 Å². The highest BCUT2D eigenvalue weighted by molar-refractivity contribution is 7.85. The number of aryl methyl sites for hydroxylation is 1. The van der Waals surface area contributed by atoms with Crippen LogP contribution in [0.1, 0.15) is 5.56 Å². The molecule has 0 atom stereocenters. The molecule has 0 aliphatic carbocycles. The van der Waals surface area contributed by atoms with Crippen molar-refractivity contribution in [2.24, 2.45) is 0 Å². The van der Waals surface area contributed by atoms with Crippen molar-refractivity contribution < 1.29 is 13.0 Å². The van der Waals surface area contributed by atoms with Gasteiger partial charge in [-0.1, -0.05) is 6.07 Å². The molecule has 3 aromatic rings. The Kier molecular flexibility index (Phi) is 2.51. The van der Waals surface area contributed by atoms with Gasteiger partial charge in [-0.15, -0.1) is 0 Å². The van der Waals surface area contributed by atoms with E-state index in [1.807, 2.05) is 19.1 Å². The van der Waals surface area contributed by atoms with E-state index >= 15 is 0 Å². The molecular weight excluding hydrogens is 264 g/mol. The zero-order valence-corrected chi connectivity index (χ0v) is 10.8. The first-order valence-corrected chi connectivity index (χ1v) is 7.03. The third-order valence-electron chi connectivity index (χ3n) is 2.99. The van der Waals surface area contributed by atoms with Gasteiger partial charge in [-0.2, -0.15) is 8.42 Å². The highest BCUT2D eigenvalue weighted by Gasteiger charge is 2.14. The Morgan fingerprint density at radius 3 is 2.68 bits per heavy atom. The number of hydrogen-bond donors (Lipinski definition) is 1. The van der Waals surface area contributed by atoms with E-state index in [1.165, 1.54) is 6.07 Å². The van der Waals surface area contributed by atoms with Gasteiger partial charge in [0.2, 0.25) is 0 Å². The Bertz CT molecular complexity index is 904. The van der Waals surface area contributed by atoms with E-state index in [-0.39, 0.29) is 5.03 Å². The number of hydrogen-bond acceptors (Lipinski definition) is 4. The summed E-state index contributed by atoms with van der Waals surface area (Å²) in [5, 5.41) is 1.34. The summed E-state index contributed by atoms with van der Waals surface area (Å²) in [7, 11) is -4.31. The lowest BCUT2D eigenvalue weighted by molar-refractivity contribution is 0.479. The minimum absolute atomic E-state index is 0.363. The lowest BCUT2D eigenvalue weighted by Crippen LogP contribution is -2.02. The van der Waals surface area contributed by atoms with E-state index in [4.69, 9.17) is 4.55 Å². The molecule has 0 aliphatic heterocycles. The molecule has 0 unspecified atom stereocenters. The summed E-state index contributed by atoms with van der Waals surface area (Å²) in [6, 6.07) is 8.59. The van der Waals surface area contributed by atoms with Crippen LogP contribution in [0.3, 0.4) is 0 Å². The third kappa shape index (κ3) is 1.94. The van der Waals surface area contributed by atoms with Gasteiger partial charge in [0, 0.05) is 17.0 Å². The molecule has 0 saturated heterocycles. The van der Waals surface area contributed by atoms with Crippen LogP contribution in [0.4, 0.5) is 0 Å². The summed E-state index contributed by atoms with van der Waals surface area (Å²) in [6.07, 6.45) is 1.62. The molecule has 5 nitrogen and oxygen atoms in total. The molecule has 0 amide bonds. The molecule has 0 radical (unpaired) electrons. The van der Waals surface area contributed by atoms with Crippen LogP contribution < -0.4 is 0 Å². The lowest BCUT2D eigenvalue weighted by Gasteiger charge is -2.06. The maximum atomic E-state index is 11.2. The molecule has 2 aromatic heterocycles. The third-order valence-corrected chi connectivity index (χ3v) is 3.75. The molecule has 3 rings (SSSR count). The van der Waals surface area contributed by atoms with Crippen LogP contribution in [0.2, 0.25) is 0 Å². The number of benzene rings is 1. The van der Waals surface area contributed by atoms with Gasteiger partial charge < -0.3 is 0 Å². The topological polar surface area (TPSA) is 80.2 Å². The Balaban J connectivity index is 2.53. The van der Waals surface area contributed by atoms with E-state index in [2.05, 4.69) is 9.97 Å². The molecule has 1 aromatic carbocycles. The molecule has 1 N–H and O–H groups in total. The molecule has 2 heterocycles. The Labute approximate surface area is 109 Å². The second-order valence-corrected chi connectivity index (χ2v) is 5.66. The number of fused-ring (bicyclic) bond motifs is 3. The maximum Gasteiger partial charge on any atom is 0.312 e. The fourth-order valence-electron chi connectivity index (χ4n) is 2.13. The van der Waals surface area contributed by atoms with Crippen LogP contribution in [0.15, 0.2) is 41.6 Å². The molecule has 6 heteroatoms. The SMILES string of the molecule is Cc1cc2cccnc2c2nc(S(=O)(=O)O)ccc12. The number of pyridine rings is 2. The Morgan fingerprint density at radius 1 is 1.16 bits per heavy atom. The van der Waals surface area contributed by atoms with Crippen molar-refractivity contribution in [1.29, 1.82) is 0 Å². The Hall–Kier alpha value is -2.05. The first-order chi connectivity index (χ1) is 8.97. The summed E-state index contributed by atoms with van der Waals surface area (Å²) in [5.41, 5.74) is 2.07. The first-order valence-electron chi connectivity index (χ1n) is 5.59. The van der Waals surface area contributed by atoms with E-state index < -0.39 is 10.1 Å². The van der Waals surface area contributed by atoms with Crippen molar-refractivity contribution >= 4 is 31.9 Å².